The largest absolute Gasteiger partial charge is 0.493 e. The molecule has 0 saturated heterocycles. The van der Waals surface area contributed by atoms with Crippen LogP contribution in [0.2, 0.25) is 5.02 Å². The maximum Gasteiger partial charge on any atom is 0.308 e. The number of benzene rings is 2. The monoisotopic (exact) mass is 674 g/mol. The van der Waals surface area contributed by atoms with E-state index >= 15 is 0 Å². The smallest absolute Gasteiger partial charge is 0.308 e. The number of para-hydroxylation sites is 1. The standard InChI is InChI=1S/C33H39ClN2O9S/c1-7-43-29(39)14-24(38)27-16-35-28(46-27)15-26-32(40)36(17-33(3,4)18-44-19(2)37)23-12-11-20(34)13-22(23)30(45-26)21-9-8-10-25(41-5)31(21)42-6/h8-13,16,24,26,30,38H,7,14-15,17-18H2,1-6H3/t24?,26-,30-/m1/s1. The fraction of sp³-hybridized carbons (Fsp3) is 0.455. The second-order valence-electron chi connectivity index (χ2n) is 11.5. The van der Waals surface area contributed by atoms with Crippen LogP contribution in [0.3, 0.4) is 0 Å². The number of anilines is 1. The fourth-order valence-electron chi connectivity index (χ4n) is 5.21. The quantitative estimate of drug-likeness (QED) is 0.233. The third kappa shape index (κ3) is 8.35. The van der Waals surface area contributed by atoms with Crippen LogP contribution in [-0.4, -0.2) is 68.0 Å². The molecule has 2 heterocycles. The van der Waals surface area contributed by atoms with Crippen LogP contribution in [0.5, 0.6) is 11.5 Å². The summed E-state index contributed by atoms with van der Waals surface area (Å²) in [6, 6.07) is 10.7. The van der Waals surface area contributed by atoms with Crippen LogP contribution >= 0.6 is 22.9 Å². The highest BCUT2D eigenvalue weighted by atomic mass is 35.5. The average molecular weight is 675 g/mol. The highest BCUT2D eigenvalue weighted by Crippen LogP contribution is 2.46. The maximum absolute atomic E-state index is 14.5. The van der Waals surface area contributed by atoms with Crippen LogP contribution < -0.4 is 14.4 Å². The van der Waals surface area contributed by atoms with E-state index in [0.717, 1.165) is 0 Å². The molecule has 2 aromatic carbocycles. The average Bonchev–Trinajstić information content (AvgIpc) is 3.45. The molecule has 0 fully saturated rings. The van der Waals surface area contributed by atoms with Gasteiger partial charge in [0.2, 0.25) is 0 Å². The molecule has 1 aromatic heterocycles. The predicted molar refractivity (Wildman–Crippen MR) is 173 cm³/mol. The summed E-state index contributed by atoms with van der Waals surface area (Å²) < 4.78 is 28.3. The molecule has 1 aliphatic heterocycles. The number of aromatic nitrogens is 1. The van der Waals surface area contributed by atoms with E-state index in [9.17, 15) is 19.5 Å². The molecule has 1 amide bonds. The highest BCUT2D eigenvalue weighted by molar-refractivity contribution is 7.11. The Bertz CT molecular complexity index is 1560. The lowest BCUT2D eigenvalue weighted by atomic mass is 9.92. The van der Waals surface area contributed by atoms with Gasteiger partial charge in [-0.25, -0.2) is 4.98 Å². The number of esters is 2. The number of fused-ring (bicyclic) bond motifs is 1. The molecule has 13 heteroatoms. The Morgan fingerprint density at radius 3 is 2.59 bits per heavy atom. The molecule has 11 nitrogen and oxygen atoms in total. The van der Waals surface area contributed by atoms with E-state index in [-0.39, 0.29) is 38.5 Å². The Labute approximate surface area is 277 Å². The molecule has 0 spiro atoms. The number of carbonyl (C=O) groups is 3. The van der Waals surface area contributed by atoms with Crippen LogP contribution in [0.15, 0.2) is 42.6 Å². The summed E-state index contributed by atoms with van der Waals surface area (Å²) in [5.41, 5.74) is 1.19. The van der Waals surface area contributed by atoms with Gasteiger partial charge < -0.3 is 33.7 Å². The van der Waals surface area contributed by atoms with Crippen LogP contribution in [0.1, 0.15) is 67.3 Å². The lowest BCUT2D eigenvalue weighted by molar-refractivity contribution is -0.145. The molecular formula is C33H39ClN2O9S. The van der Waals surface area contributed by atoms with Crippen LogP contribution in [0.4, 0.5) is 5.69 Å². The van der Waals surface area contributed by atoms with E-state index in [0.29, 0.717) is 43.2 Å². The summed E-state index contributed by atoms with van der Waals surface area (Å²) in [6.45, 7) is 7.33. The fourth-order valence-corrected chi connectivity index (χ4v) is 6.33. The molecule has 3 atom stereocenters. The zero-order chi connectivity index (χ0) is 33.6. The Morgan fingerprint density at radius 2 is 1.91 bits per heavy atom. The summed E-state index contributed by atoms with van der Waals surface area (Å²) >= 11 is 7.72. The van der Waals surface area contributed by atoms with Crippen molar-refractivity contribution in [1.29, 1.82) is 0 Å². The second-order valence-corrected chi connectivity index (χ2v) is 13.1. The van der Waals surface area contributed by atoms with Gasteiger partial charge in [-0.2, -0.15) is 0 Å². The minimum Gasteiger partial charge on any atom is -0.493 e. The number of halogens is 1. The number of ether oxygens (including phenoxy) is 5. The summed E-state index contributed by atoms with van der Waals surface area (Å²) in [5, 5.41) is 11.6. The topological polar surface area (TPSA) is 134 Å². The van der Waals surface area contributed by atoms with E-state index in [4.69, 9.17) is 35.3 Å². The van der Waals surface area contributed by atoms with Gasteiger partial charge in [0, 0.05) is 53.3 Å². The first-order valence-electron chi connectivity index (χ1n) is 14.8. The summed E-state index contributed by atoms with van der Waals surface area (Å²) in [6.07, 6.45) is -1.62. The molecule has 1 unspecified atom stereocenters. The minimum absolute atomic E-state index is 0.0704. The third-order valence-corrected chi connectivity index (χ3v) is 8.65. The van der Waals surface area contributed by atoms with Gasteiger partial charge in [-0.3, -0.25) is 14.4 Å². The minimum atomic E-state index is -1.10. The van der Waals surface area contributed by atoms with Crippen molar-refractivity contribution in [3.05, 3.63) is 68.6 Å². The molecule has 0 saturated carbocycles. The molecule has 3 aromatic rings. The van der Waals surface area contributed by atoms with Crippen molar-refractivity contribution < 1.29 is 43.2 Å². The summed E-state index contributed by atoms with van der Waals surface area (Å²) in [4.78, 5) is 44.6. The summed E-state index contributed by atoms with van der Waals surface area (Å²) in [7, 11) is 3.07. The van der Waals surface area contributed by atoms with Crippen molar-refractivity contribution in [2.24, 2.45) is 5.41 Å². The molecule has 4 rings (SSSR count). The Balaban J connectivity index is 1.79. The number of rotatable bonds is 13. The number of methoxy groups -OCH3 is 2. The van der Waals surface area contributed by atoms with Crippen molar-refractivity contribution in [1.82, 2.24) is 4.98 Å². The number of hydrogen-bond donors (Lipinski definition) is 1. The van der Waals surface area contributed by atoms with Crippen molar-refractivity contribution >= 4 is 46.5 Å². The Kier molecular flexibility index (Phi) is 11.7. The number of aliphatic hydroxyl groups excluding tert-OH is 1. The van der Waals surface area contributed by atoms with Gasteiger partial charge in [0.1, 0.15) is 18.3 Å². The number of aliphatic hydroxyl groups is 1. The number of thiazole rings is 1. The normalized spacial score (nSPS) is 17.1. The van der Waals surface area contributed by atoms with E-state index in [1.165, 1.54) is 38.7 Å². The number of hydrogen-bond acceptors (Lipinski definition) is 11. The van der Waals surface area contributed by atoms with Gasteiger partial charge in [0.05, 0.1) is 43.7 Å². The van der Waals surface area contributed by atoms with Gasteiger partial charge in [0.15, 0.2) is 11.5 Å². The molecule has 1 N–H and O–H groups in total. The van der Waals surface area contributed by atoms with E-state index in [1.807, 2.05) is 26.0 Å². The lowest BCUT2D eigenvalue weighted by Crippen LogP contribution is -2.46. The lowest BCUT2D eigenvalue weighted by Gasteiger charge is -2.33. The second kappa shape index (κ2) is 15.3. The predicted octanol–water partition coefficient (Wildman–Crippen LogP) is 5.45. The molecule has 0 aliphatic carbocycles. The van der Waals surface area contributed by atoms with Crippen molar-refractivity contribution in [2.75, 3.05) is 38.9 Å². The Morgan fingerprint density at radius 1 is 1.15 bits per heavy atom. The maximum atomic E-state index is 14.5. The number of amides is 1. The summed E-state index contributed by atoms with van der Waals surface area (Å²) in [5.74, 6) is -0.356. The van der Waals surface area contributed by atoms with Gasteiger partial charge in [-0.15, -0.1) is 11.3 Å². The van der Waals surface area contributed by atoms with E-state index in [2.05, 4.69) is 4.98 Å². The molecule has 1 aliphatic rings. The molecule has 0 bridgehead atoms. The highest BCUT2D eigenvalue weighted by Gasteiger charge is 2.40. The molecule has 0 radical (unpaired) electrons. The number of nitrogens with zero attached hydrogens (tertiary/aromatic N) is 2. The number of carbonyl (C=O) groups excluding carboxylic acids is 3. The van der Waals surface area contributed by atoms with Crippen LogP contribution in [0, 0.1) is 5.41 Å². The molecule has 248 valence electrons. The zero-order valence-corrected chi connectivity index (χ0v) is 28.3. The van der Waals surface area contributed by atoms with Gasteiger partial charge in [0.25, 0.3) is 5.91 Å². The Hall–Kier alpha value is -3.71. The van der Waals surface area contributed by atoms with Crippen LogP contribution in [-0.2, 0) is 35.0 Å². The van der Waals surface area contributed by atoms with Crippen molar-refractivity contribution in [2.45, 2.75) is 58.8 Å². The molecular weight excluding hydrogens is 636 g/mol. The van der Waals surface area contributed by atoms with Crippen molar-refractivity contribution in [3.8, 4) is 11.5 Å². The zero-order valence-electron chi connectivity index (χ0n) is 26.7. The SMILES string of the molecule is CCOC(=O)CC(O)c1cnc(C[C@H]2O[C@H](c3cccc(OC)c3OC)c3cc(Cl)ccc3N(CC(C)(C)COC(C)=O)C2=O)s1. The van der Waals surface area contributed by atoms with Crippen LogP contribution in [0.25, 0.3) is 0 Å². The van der Waals surface area contributed by atoms with E-state index < -0.39 is 35.7 Å². The first-order chi connectivity index (χ1) is 21.9. The first-order valence-corrected chi connectivity index (χ1v) is 16.0. The van der Waals surface area contributed by atoms with Gasteiger partial charge in [-0.1, -0.05) is 37.6 Å². The third-order valence-electron chi connectivity index (χ3n) is 7.30. The first kappa shape index (κ1) is 35.1. The van der Waals surface area contributed by atoms with Gasteiger partial charge in [-0.05, 0) is 31.2 Å². The van der Waals surface area contributed by atoms with Crippen molar-refractivity contribution in [3.63, 3.8) is 0 Å². The van der Waals surface area contributed by atoms with E-state index in [1.54, 1.807) is 36.1 Å². The van der Waals surface area contributed by atoms with Gasteiger partial charge >= 0.3 is 11.9 Å². The molecule has 46 heavy (non-hydrogen) atoms.